The van der Waals surface area contributed by atoms with Crippen LogP contribution in [0.2, 0.25) is 0 Å². The molecule has 114 valence electrons. The van der Waals surface area contributed by atoms with Gasteiger partial charge in [0.15, 0.2) is 0 Å². The summed E-state index contributed by atoms with van der Waals surface area (Å²) in [5.74, 6) is 0.777. The zero-order chi connectivity index (χ0) is 15.0. The molecular formula is C13H19N5O2S. The number of nitrogens with zero attached hydrogens (tertiary/aromatic N) is 4. The second kappa shape index (κ2) is 5.28. The van der Waals surface area contributed by atoms with Crippen LogP contribution in [-0.4, -0.2) is 33.4 Å². The van der Waals surface area contributed by atoms with E-state index in [0.29, 0.717) is 37.6 Å². The van der Waals surface area contributed by atoms with E-state index < -0.39 is 10.0 Å². The Hall–Kier alpha value is -1.64. The molecule has 0 unspecified atom stereocenters. The number of aromatic nitrogens is 3. The highest BCUT2D eigenvalue weighted by Crippen LogP contribution is 2.23. The molecule has 0 atom stereocenters. The lowest BCUT2D eigenvalue weighted by Gasteiger charge is -2.26. The average Bonchev–Trinajstić information content (AvgIpc) is 3.12. The third kappa shape index (κ3) is 2.39. The lowest BCUT2D eigenvalue weighted by molar-refractivity contribution is 0.335. The topological polar surface area (TPSA) is 86.2 Å². The van der Waals surface area contributed by atoms with E-state index in [1.54, 1.807) is 18.5 Å². The number of imidazole rings is 1. The first-order valence-corrected chi connectivity index (χ1v) is 8.39. The van der Waals surface area contributed by atoms with Crippen molar-refractivity contribution in [3.8, 4) is 0 Å². The summed E-state index contributed by atoms with van der Waals surface area (Å²) < 4.78 is 30.8. The van der Waals surface area contributed by atoms with Gasteiger partial charge in [-0.15, -0.1) is 0 Å². The summed E-state index contributed by atoms with van der Waals surface area (Å²) in [6, 6.07) is 1.67. The molecule has 0 aromatic carbocycles. The first-order chi connectivity index (χ1) is 10.1. The summed E-state index contributed by atoms with van der Waals surface area (Å²) >= 11 is 0. The van der Waals surface area contributed by atoms with Crippen molar-refractivity contribution in [2.75, 3.05) is 6.54 Å². The van der Waals surface area contributed by atoms with Gasteiger partial charge < -0.3 is 14.9 Å². The fourth-order valence-corrected chi connectivity index (χ4v) is 4.09. The van der Waals surface area contributed by atoms with Gasteiger partial charge in [0, 0.05) is 50.5 Å². The Labute approximate surface area is 124 Å². The molecule has 0 bridgehead atoms. The highest BCUT2D eigenvalue weighted by Gasteiger charge is 2.30. The van der Waals surface area contributed by atoms with Crippen LogP contribution >= 0.6 is 0 Å². The summed E-state index contributed by atoms with van der Waals surface area (Å²) in [6.07, 6.45) is 5.24. The number of sulfonamides is 1. The summed E-state index contributed by atoms with van der Waals surface area (Å²) in [7, 11) is -3.50. The number of fused-ring (bicyclic) bond motifs is 1. The molecule has 3 heterocycles. The highest BCUT2D eigenvalue weighted by atomic mass is 32.2. The SMILES string of the molecule is CCn1cc(S(=O)(=O)N2CCn3ccnc3C2)cc1CN. The van der Waals surface area contributed by atoms with Crippen LogP contribution < -0.4 is 5.73 Å². The first-order valence-electron chi connectivity index (χ1n) is 6.95. The zero-order valence-electron chi connectivity index (χ0n) is 11.9. The summed E-state index contributed by atoms with van der Waals surface area (Å²) in [5, 5.41) is 0. The average molecular weight is 309 g/mol. The van der Waals surface area contributed by atoms with Gasteiger partial charge in [0.2, 0.25) is 10.0 Å². The van der Waals surface area contributed by atoms with E-state index in [1.165, 1.54) is 4.31 Å². The van der Waals surface area contributed by atoms with Gasteiger partial charge in [0.25, 0.3) is 0 Å². The molecule has 7 nitrogen and oxygen atoms in total. The molecule has 0 saturated carbocycles. The van der Waals surface area contributed by atoms with Gasteiger partial charge in [0.1, 0.15) is 10.7 Å². The van der Waals surface area contributed by atoms with Gasteiger partial charge in [-0.1, -0.05) is 0 Å². The van der Waals surface area contributed by atoms with Crippen LogP contribution in [0.25, 0.3) is 0 Å². The lowest BCUT2D eigenvalue weighted by Crippen LogP contribution is -2.38. The Morgan fingerprint density at radius 1 is 1.38 bits per heavy atom. The van der Waals surface area contributed by atoms with Crippen molar-refractivity contribution in [1.82, 2.24) is 18.4 Å². The number of rotatable bonds is 4. The molecule has 8 heteroatoms. The van der Waals surface area contributed by atoms with Gasteiger partial charge >= 0.3 is 0 Å². The number of hydrogen-bond donors (Lipinski definition) is 1. The Morgan fingerprint density at radius 3 is 2.86 bits per heavy atom. The molecule has 0 aliphatic carbocycles. The molecule has 3 rings (SSSR count). The van der Waals surface area contributed by atoms with Gasteiger partial charge in [-0.25, -0.2) is 13.4 Å². The Balaban J connectivity index is 1.92. The van der Waals surface area contributed by atoms with Crippen molar-refractivity contribution in [2.45, 2.75) is 38.0 Å². The fourth-order valence-electron chi connectivity index (χ4n) is 2.64. The zero-order valence-corrected chi connectivity index (χ0v) is 12.8. The largest absolute Gasteiger partial charge is 0.349 e. The minimum Gasteiger partial charge on any atom is -0.349 e. The van der Waals surface area contributed by atoms with Crippen LogP contribution in [0.4, 0.5) is 0 Å². The first kappa shape index (κ1) is 14.3. The van der Waals surface area contributed by atoms with Crippen LogP contribution in [0.15, 0.2) is 29.6 Å². The van der Waals surface area contributed by atoms with Crippen molar-refractivity contribution in [2.24, 2.45) is 5.73 Å². The maximum Gasteiger partial charge on any atom is 0.245 e. The van der Waals surface area contributed by atoms with Crippen molar-refractivity contribution in [1.29, 1.82) is 0 Å². The van der Waals surface area contributed by atoms with E-state index in [4.69, 9.17) is 5.73 Å². The smallest absolute Gasteiger partial charge is 0.245 e. The van der Waals surface area contributed by atoms with E-state index in [2.05, 4.69) is 4.98 Å². The van der Waals surface area contributed by atoms with Gasteiger partial charge in [0.05, 0.1) is 6.54 Å². The monoisotopic (exact) mass is 309 g/mol. The van der Waals surface area contributed by atoms with Crippen LogP contribution in [0, 0.1) is 0 Å². The lowest BCUT2D eigenvalue weighted by atomic mass is 10.4. The van der Waals surface area contributed by atoms with Crippen molar-refractivity contribution in [3.05, 3.63) is 36.2 Å². The van der Waals surface area contributed by atoms with Gasteiger partial charge in [-0.05, 0) is 13.0 Å². The normalized spacial score (nSPS) is 16.1. The van der Waals surface area contributed by atoms with E-state index in [9.17, 15) is 8.42 Å². The molecule has 0 saturated heterocycles. The minimum atomic E-state index is -3.50. The fraction of sp³-hybridized carbons (Fsp3) is 0.462. The third-order valence-corrected chi connectivity index (χ3v) is 5.67. The third-order valence-electron chi connectivity index (χ3n) is 3.86. The molecule has 1 aliphatic heterocycles. The summed E-state index contributed by atoms with van der Waals surface area (Å²) in [6.45, 7) is 4.39. The second-order valence-electron chi connectivity index (χ2n) is 5.03. The molecule has 0 spiro atoms. The summed E-state index contributed by atoms with van der Waals surface area (Å²) in [5.41, 5.74) is 6.50. The predicted molar refractivity (Wildman–Crippen MR) is 77.8 cm³/mol. The Morgan fingerprint density at radius 2 is 2.19 bits per heavy atom. The van der Waals surface area contributed by atoms with Gasteiger partial charge in [-0.3, -0.25) is 0 Å². The van der Waals surface area contributed by atoms with Crippen molar-refractivity contribution >= 4 is 10.0 Å². The standard InChI is InChI=1S/C13H19N5O2S/c1-2-16-9-12(7-11(16)8-14)21(19,20)18-6-5-17-4-3-15-13(17)10-18/h3-4,7,9H,2,5-6,8,10,14H2,1H3. The molecule has 0 radical (unpaired) electrons. The number of hydrogen-bond acceptors (Lipinski definition) is 4. The molecular weight excluding hydrogens is 290 g/mol. The predicted octanol–water partition coefficient (Wildman–Crippen LogP) is 0.368. The van der Waals surface area contributed by atoms with Crippen LogP contribution in [0.5, 0.6) is 0 Å². The second-order valence-corrected chi connectivity index (χ2v) is 6.97. The minimum absolute atomic E-state index is 0.310. The molecule has 21 heavy (non-hydrogen) atoms. The van der Waals surface area contributed by atoms with E-state index in [-0.39, 0.29) is 0 Å². The quantitative estimate of drug-likeness (QED) is 0.884. The number of nitrogens with two attached hydrogens (primary N) is 1. The molecule has 0 amide bonds. The maximum absolute atomic E-state index is 12.8. The summed E-state index contributed by atoms with van der Waals surface area (Å²) in [4.78, 5) is 4.51. The van der Waals surface area contributed by atoms with E-state index in [1.807, 2.05) is 22.3 Å². The van der Waals surface area contributed by atoms with Crippen molar-refractivity contribution in [3.63, 3.8) is 0 Å². The Kier molecular flexibility index (Phi) is 3.60. The van der Waals surface area contributed by atoms with Crippen LogP contribution in [0.3, 0.4) is 0 Å². The van der Waals surface area contributed by atoms with Crippen LogP contribution in [-0.2, 0) is 36.2 Å². The molecule has 2 aromatic heterocycles. The van der Waals surface area contributed by atoms with Gasteiger partial charge in [-0.2, -0.15) is 4.31 Å². The molecule has 1 aliphatic rings. The Bertz CT molecular complexity index is 725. The highest BCUT2D eigenvalue weighted by molar-refractivity contribution is 7.89. The van der Waals surface area contributed by atoms with E-state index in [0.717, 1.165) is 11.5 Å². The molecule has 0 fully saturated rings. The van der Waals surface area contributed by atoms with E-state index >= 15 is 0 Å². The van der Waals surface area contributed by atoms with Crippen LogP contribution in [0.1, 0.15) is 18.4 Å². The molecule has 2 N–H and O–H groups in total. The molecule has 2 aromatic rings. The maximum atomic E-state index is 12.8. The number of aryl methyl sites for hydroxylation is 1. The van der Waals surface area contributed by atoms with Crippen molar-refractivity contribution < 1.29 is 8.42 Å².